The molecule has 0 fully saturated rings. The van der Waals surface area contributed by atoms with Crippen LogP contribution >= 0.6 is 34.5 Å². The molecule has 1 heterocycles. The number of nitrogens with zero attached hydrogens (tertiary/aromatic N) is 2. The van der Waals surface area contributed by atoms with E-state index in [1.165, 1.54) is 11.3 Å². The molecule has 0 saturated heterocycles. The smallest absolute Gasteiger partial charge is 0.249 e. The topological polar surface area (TPSA) is 68.5 Å². The third kappa shape index (κ3) is 4.49. The van der Waals surface area contributed by atoms with E-state index in [4.69, 9.17) is 23.2 Å². The number of benzene rings is 2. The van der Waals surface area contributed by atoms with Crippen LogP contribution in [0.3, 0.4) is 0 Å². The lowest BCUT2D eigenvalue weighted by molar-refractivity contribution is -0.117. The second-order valence-corrected chi connectivity index (χ2v) is 10.2. The van der Waals surface area contributed by atoms with E-state index in [2.05, 4.69) is 4.99 Å². The average Bonchev–Trinajstić information content (AvgIpc) is 2.97. The largest absolute Gasteiger partial charge is 0.315 e. The van der Waals surface area contributed by atoms with E-state index in [0.717, 1.165) is 15.8 Å². The van der Waals surface area contributed by atoms with Crippen molar-refractivity contribution in [2.45, 2.75) is 31.7 Å². The van der Waals surface area contributed by atoms with E-state index in [1.54, 1.807) is 36.4 Å². The van der Waals surface area contributed by atoms with Crippen molar-refractivity contribution in [3.05, 3.63) is 56.8 Å². The van der Waals surface area contributed by atoms with Crippen molar-refractivity contribution in [1.82, 2.24) is 4.57 Å². The molecule has 0 radical (unpaired) electrons. The highest BCUT2D eigenvalue weighted by molar-refractivity contribution is 7.91. The number of amides is 1. The molecular weight excluding hydrogens is 439 g/mol. The lowest BCUT2D eigenvalue weighted by Gasteiger charge is -2.04. The van der Waals surface area contributed by atoms with Crippen molar-refractivity contribution in [1.29, 1.82) is 0 Å². The Morgan fingerprint density at radius 2 is 1.86 bits per heavy atom. The zero-order valence-electron chi connectivity index (χ0n) is 15.3. The molecule has 0 aliphatic carbocycles. The summed E-state index contributed by atoms with van der Waals surface area (Å²) >= 11 is 13.6. The van der Waals surface area contributed by atoms with Gasteiger partial charge in [0.15, 0.2) is 14.6 Å². The summed E-state index contributed by atoms with van der Waals surface area (Å²) in [6.45, 7) is 4.36. The van der Waals surface area contributed by atoms with E-state index in [1.807, 2.05) is 18.4 Å². The highest BCUT2D eigenvalue weighted by Crippen LogP contribution is 2.29. The molecule has 3 rings (SSSR count). The quantitative estimate of drug-likeness (QED) is 0.561. The minimum absolute atomic E-state index is 0.192. The highest BCUT2D eigenvalue weighted by atomic mass is 35.5. The van der Waals surface area contributed by atoms with Gasteiger partial charge in [0.2, 0.25) is 5.91 Å². The molecule has 28 heavy (non-hydrogen) atoms. The van der Waals surface area contributed by atoms with E-state index in [0.29, 0.717) is 21.4 Å². The van der Waals surface area contributed by atoms with E-state index in [-0.39, 0.29) is 17.1 Å². The second kappa shape index (κ2) is 8.37. The van der Waals surface area contributed by atoms with Crippen molar-refractivity contribution in [3.8, 4) is 0 Å². The fraction of sp³-hybridized carbons (Fsp3) is 0.263. The second-order valence-electron chi connectivity index (χ2n) is 6.25. The first-order valence-corrected chi connectivity index (χ1v) is 11.8. The maximum absolute atomic E-state index is 12.4. The van der Waals surface area contributed by atoms with Gasteiger partial charge in [-0.1, -0.05) is 52.2 Å². The average molecular weight is 457 g/mol. The van der Waals surface area contributed by atoms with Crippen LogP contribution in [0.4, 0.5) is 0 Å². The van der Waals surface area contributed by atoms with Gasteiger partial charge in [0.1, 0.15) is 0 Å². The van der Waals surface area contributed by atoms with Crippen LogP contribution in [0.1, 0.15) is 18.9 Å². The Morgan fingerprint density at radius 1 is 1.18 bits per heavy atom. The first-order chi connectivity index (χ1) is 13.2. The predicted octanol–water partition coefficient (Wildman–Crippen LogP) is 4.63. The number of carbonyl (C=O) groups excluding carboxylic acids is 1. The molecule has 0 N–H and O–H groups in total. The molecule has 3 aromatic rings. The summed E-state index contributed by atoms with van der Waals surface area (Å²) in [5.41, 5.74) is 1.73. The minimum atomic E-state index is -3.54. The highest BCUT2D eigenvalue weighted by Gasteiger charge is 2.17. The monoisotopic (exact) mass is 456 g/mol. The van der Waals surface area contributed by atoms with Crippen molar-refractivity contribution >= 4 is 60.5 Å². The number of rotatable bonds is 5. The van der Waals surface area contributed by atoms with E-state index in [9.17, 15) is 13.2 Å². The van der Waals surface area contributed by atoms with Gasteiger partial charge in [-0.25, -0.2) is 8.42 Å². The molecule has 9 heteroatoms. The lowest BCUT2D eigenvalue weighted by atomic mass is 10.2. The van der Waals surface area contributed by atoms with Gasteiger partial charge >= 0.3 is 0 Å². The predicted molar refractivity (Wildman–Crippen MR) is 114 cm³/mol. The van der Waals surface area contributed by atoms with Crippen molar-refractivity contribution < 1.29 is 13.2 Å². The number of aryl methyl sites for hydroxylation is 2. The Kier molecular flexibility index (Phi) is 6.29. The van der Waals surface area contributed by atoms with Gasteiger partial charge in [0.25, 0.3) is 0 Å². The Bertz CT molecular complexity index is 1210. The molecule has 2 aromatic carbocycles. The number of halogens is 2. The van der Waals surface area contributed by atoms with Crippen LogP contribution in [0.15, 0.2) is 46.3 Å². The van der Waals surface area contributed by atoms with Crippen molar-refractivity contribution in [2.75, 3.05) is 5.75 Å². The summed E-state index contributed by atoms with van der Waals surface area (Å²) in [7, 11) is -3.54. The van der Waals surface area contributed by atoms with Crippen LogP contribution in [0.25, 0.3) is 10.2 Å². The maximum Gasteiger partial charge on any atom is 0.249 e. The van der Waals surface area contributed by atoms with Gasteiger partial charge in [0, 0.05) is 18.0 Å². The zero-order valence-corrected chi connectivity index (χ0v) is 18.4. The summed E-state index contributed by atoms with van der Waals surface area (Å²) < 4.78 is 27.5. The van der Waals surface area contributed by atoms with Gasteiger partial charge in [-0.15, -0.1) is 0 Å². The number of aromatic nitrogens is 1. The summed E-state index contributed by atoms with van der Waals surface area (Å²) in [6.07, 6.45) is -0.192. The SMILES string of the molecule is CCn1c(=NC(=O)CCS(=O)(=O)c2ccc(C)cc2)sc2cc(Cl)cc(Cl)c21. The Labute approximate surface area is 177 Å². The third-order valence-corrected chi connectivity index (χ3v) is 7.46. The first-order valence-electron chi connectivity index (χ1n) is 8.56. The summed E-state index contributed by atoms with van der Waals surface area (Å²) in [6, 6.07) is 9.98. The van der Waals surface area contributed by atoms with Crippen molar-refractivity contribution in [3.63, 3.8) is 0 Å². The Morgan fingerprint density at radius 3 is 2.50 bits per heavy atom. The number of hydrogen-bond acceptors (Lipinski definition) is 4. The van der Waals surface area contributed by atoms with Crippen LogP contribution in [-0.2, 0) is 21.2 Å². The number of fused-ring (bicyclic) bond motifs is 1. The molecule has 5 nitrogen and oxygen atoms in total. The van der Waals surface area contributed by atoms with Crippen LogP contribution in [0, 0.1) is 6.92 Å². The molecule has 0 unspecified atom stereocenters. The van der Waals surface area contributed by atoms with Crippen LogP contribution < -0.4 is 4.80 Å². The van der Waals surface area contributed by atoms with Gasteiger partial charge in [-0.05, 0) is 38.1 Å². The molecule has 0 saturated carbocycles. The molecule has 148 valence electrons. The van der Waals surface area contributed by atoms with Crippen LogP contribution in [-0.4, -0.2) is 24.6 Å². The molecule has 0 bridgehead atoms. The van der Waals surface area contributed by atoms with Gasteiger partial charge in [-0.3, -0.25) is 4.79 Å². The lowest BCUT2D eigenvalue weighted by Crippen LogP contribution is -2.17. The summed E-state index contributed by atoms with van der Waals surface area (Å²) in [5, 5.41) is 0.987. The molecule has 0 aliphatic rings. The minimum Gasteiger partial charge on any atom is -0.315 e. The zero-order chi connectivity index (χ0) is 20.5. The summed E-state index contributed by atoms with van der Waals surface area (Å²) in [5.74, 6) is -0.784. The number of sulfone groups is 1. The molecule has 0 atom stereocenters. The number of carbonyl (C=O) groups is 1. The Hall–Kier alpha value is -1.67. The molecule has 0 spiro atoms. The molecular formula is C19H18Cl2N2O3S2. The maximum atomic E-state index is 12.4. The number of thiazole rings is 1. The van der Waals surface area contributed by atoms with Gasteiger partial charge < -0.3 is 4.57 Å². The molecule has 0 aliphatic heterocycles. The van der Waals surface area contributed by atoms with Gasteiger partial charge in [0.05, 0.1) is 25.9 Å². The van der Waals surface area contributed by atoms with E-state index < -0.39 is 15.7 Å². The standard InChI is InChI=1S/C19H18Cl2N2O3S2/c1-3-23-18-15(21)10-13(20)11-16(18)27-19(23)22-17(24)8-9-28(25,26)14-6-4-12(2)5-7-14/h4-7,10-11H,3,8-9H2,1-2H3. The third-order valence-electron chi connectivity index (χ3n) is 4.20. The first kappa shape index (κ1) is 21.0. The molecule has 1 aromatic heterocycles. The fourth-order valence-corrected chi connectivity index (χ4v) is 5.88. The van der Waals surface area contributed by atoms with Crippen LogP contribution in [0.5, 0.6) is 0 Å². The number of hydrogen-bond donors (Lipinski definition) is 0. The van der Waals surface area contributed by atoms with Crippen LogP contribution in [0.2, 0.25) is 10.0 Å². The molecule has 1 amide bonds. The fourth-order valence-electron chi connectivity index (χ4n) is 2.76. The Balaban J connectivity index is 1.87. The summed E-state index contributed by atoms with van der Waals surface area (Å²) in [4.78, 5) is 17.1. The van der Waals surface area contributed by atoms with Crippen molar-refractivity contribution in [2.24, 2.45) is 4.99 Å². The normalized spacial score (nSPS) is 12.6. The van der Waals surface area contributed by atoms with Gasteiger partial charge in [-0.2, -0.15) is 4.99 Å². The van der Waals surface area contributed by atoms with E-state index >= 15 is 0 Å².